The van der Waals surface area contributed by atoms with Crippen molar-refractivity contribution in [2.45, 2.75) is 6.61 Å². The molecular weight excluding hydrogens is 484 g/mol. The van der Waals surface area contributed by atoms with E-state index in [9.17, 15) is 9.18 Å². The summed E-state index contributed by atoms with van der Waals surface area (Å²) in [4.78, 5) is 16.4. The Morgan fingerprint density at radius 2 is 1.72 bits per heavy atom. The highest BCUT2D eigenvalue weighted by atomic mass is 127. The summed E-state index contributed by atoms with van der Waals surface area (Å²) in [5, 5.41) is 0. The Morgan fingerprint density at radius 1 is 1.00 bits per heavy atom. The quantitative estimate of drug-likeness (QED) is 0.270. The third-order valence-electron chi connectivity index (χ3n) is 4.28. The van der Waals surface area contributed by atoms with Gasteiger partial charge in [0.2, 0.25) is 5.90 Å². The molecule has 3 aromatic carbocycles. The average molecular weight is 499 g/mol. The maximum Gasteiger partial charge on any atom is 0.363 e. The summed E-state index contributed by atoms with van der Waals surface area (Å²) in [5.41, 5.74) is 1.99. The molecule has 0 amide bonds. The maximum atomic E-state index is 14.0. The second-order valence-corrected chi connectivity index (χ2v) is 7.40. The molecule has 1 aliphatic heterocycles. The number of rotatable bonds is 5. The molecule has 6 heteroatoms. The summed E-state index contributed by atoms with van der Waals surface area (Å²) >= 11 is 2.26. The van der Waals surface area contributed by atoms with E-state index in [2.05, 4.69) is 27.6 Å². The van der Waals surface area contributed by atoms with Gasteiger partial charge in [-0.3, -0.25) is 0 Å². The molecule has 0 bridgehead atoms. The number of benzene rings is 3. The molecule has 3 aromatic rings. The van der Waals surface area contributed by atoms with Gasteiger partial charge in [0.05, 0.1) is 5.56 Å². The zero-order chi connectivity index (χ0) is 20.2. The number of aliphatic imine (C=N–C) groups is 1. The van der Waals surface area contributed by atoms with E-state index in [0.717, 1.165) is 9.13 Å². The second kappa shape index (κ2) is 8.57. The van der Waals surface area contributed by atoms with Gasteiger partial charge in [-0.25, -0.2) is 14.2 Å². The monoisotopic (exact) mass is 499 g/mol. The van der Waals surface area contributed by atoms with Crippen LogP contribution in [0.4, 0.5) is 4.39 Å². The Morgan fingerprint density at radius 3 is 2.55 bits per heavy atom. The summed E-state index contributed by atoms with van der Waals surface area (Å²) in [6.07, 6.45) is 1.58. The number of hydrogen-bond acceptors (Lipinski definition) is 4. The van der Waals surface area contributed by atoms with Gasteiger partial charge in [-0.2, -0.15) is 0 Å². The van der Waals surface area contributed by atoms with E-state index in [-0.39, 0.29) is 17.2 Å². The lowest BCUT2D eigenvalue weighted by atomic mass is 10.1. The molecule has 0 N–H and O–H groups in total. The van der Waals surface area contributed by atoms with E-state index in [0.29, 0.717) is 17.9 Å². The van der Waals surface area contributed by atoms with Gasteiger partial charge in [0.1, 0.15) is 18.2 Å². The van der Waals surface area contributed by atoms with Crippen molar-refractivity contribution in [3.05, 3.63) is 105 Å². The number of nitrogens with zero attached hydrogens (tertiary/aromatic N) is 1. The highest BCUT2D eigenvalue weighted by Gasteiger charge is 2.26. The summed E-state index contributed by atoms with van der Waals surface area (Å²) < 4.78 is 26.2. The molecule has 0 unspecified atom stereocenters. The van der Waals surface area contributed by atoms with E-state index in [1.807, 2.05) is 48.5 Å². The normalized spacial score (nSPS) is 14.6. The fourth-order valence-corrected chi connectivity index (χ4v) is 3.35. The largest absolute Gasteiger partial charge is 0.488 e. The number of cyclic esters (lactones) is 1. The summed E-state index contributed by atoms with van der Waals surface area (Å²) in [7, 11) is 0. The number of carbonyl (C=O) groups is 1. The van der Waals surface area contributed by atoms with Crippen molar-refractivity contribution in [3.8, 4) is 5.75 Å². The van der Waals surface area contributed by atoms with Crippen molar-refractivity contribution in [2.75, 3.05) is 0 Å². The Kier molecular flexibility index (Phi) is 5.71. The minimum Gasteiger partial charge on any atom is -0.488 e. The van der Waals surface area contributed by atoms with Crippen LogP contribution in [-0.2, 0) is 16.1 Å². The minimum absolute atomic E-state index is 0.0448. The standard InChI is InChI=1S/C23H15FINO3/c24-18-10-4-3-9-17(18)22-26-20(23(27)29-22)13-15-7-2-6-12-21(15)28-14-16-8-1-5-11-19(16)25/h1-13H,14H2/b20-13-. The molecule has 0 atom stereocenters. The summed E-state index contributed by atoms with van der Waals surface area (Å²) in [5.74, 6) is -0.559. The molecule has 1 heterocycles. The predicted molar refractivity (Wildman–Crippen MR) is 117 cm³/mol. The van der Waals surface area contributed by atoms with E-state index >= 15 is 0 Å². The van der Waals surface area contributed by atoms with Gasteiger partial charge in [0.15, 0.2) is 5.70 Å². The lowest BCUT2D eigenvalue weighted by molar-refractivity contribution is -0.129. The van der Waals surface area contributed by atoms with E-state index in [1.165, 1.54) is 12.1 Å². The Labute approximate surface area is 180 Å². The van der Waals surface area contributed by atoms with E-state index in [4.69, 9.17) is 9.47 Å². The number of carbonyl (C=O) groups excluding carboxylic acids is 1. The molecule has 0 radical (unpaired) electrons. The first-order valence-electron chi connectivity index (χ1n) is 8.84. The average Bonchev–Trinajstić information content (AvgIpc) is 3.09. The number of halogens is 2. The highest BCUT2D eigenvalue weighted by Crippen LogP contribution is 2.26. The van der Waals surface area contributed by atoms with E-state index in [1.54, 1.807) is 18.2 Å². The molecule has 4 nitrogen and oxygen atoms in total. The minimum atomic E-state index is -0.629. The fraction of sp³-hybridized carbons (Fsp3) is 0.0435. The lowest BCUT2D eigenvalue weighted by Gasteiger charge is -2.10. The van der Waals surface area contributed by atoms with Gasteiger partial charge in [-0.15, -0.1) is 0 Å². The van der Waals surface area contributed by atoms with Crippen molar-refractivity contribution in [1.29, 1.82) is 0 Å². The highest BCUT2D eigenvalue weighted by molar-refractivity contribution is 14.1. The Balaban J connectivity index is 1.61. The fourth-order valence-electron chi connectivity index (χ4n) is 2.81. The van der Waals surface area contributed by atoms with Crippen LogP contribution in [0.5, 0.6) is 5.75 Å². The topological polar surface area (TPSA) is 47.9 Å². The Hall–Kier alpha value is -3.00. The molecular formula is C23H15FINO3. The third kappa shape index (κ3) is 4.37. The number of para-hydroxylation sites is 1. The van der Waals surface area contributed by atoms with Crippen molar-refractivity contribution >= 4 is 40.5 Å². The molecule has 0 saturated carbocycles. The van der Waals surface area contributed by atoms with Gasteiger partial charge >= 0.3 is 5.97 Å². The van der Waals surface area contributed by atoms with Gasteiger partial charge in [-0.05, 0) is 52.9 Å². The SMILES string of the molecule is O=C1OC(c2ccccc2F)=N/C1=C\c1ccccc1OCc1ccccc1I. The van der Waals surface area contributed by atoms with Crippen molar-refractivity contribution in [2.24, 2.45) is 4.99 Å². The van der Waals surface area contributed by atoms with Crippen LogP contribution in [0.2, 0.25) is 0 Å². The Bertz CT molecular complexity index is 1140. The zero-order valence-corrected chi connectivity index (χ0v) is 17.3. The predicted octanol–water partition coefficient (Wildman–Crippen LogP) is 5.35. The van der Waals surface area contributed by atoms with Crippen molar-refractivity contribution in [3.63, 3.8) is 0 Å². The van der Waals surface area contributed by atoms with E-state index < -0.39 is 11.8 Å². The van der Waals surface area contributed by atoms with Gasteiger partial charge in [0, 0.05) is 14.7 Å². The van der Waals surface area contributed by atoms with Crippen LogP contribution >= 0.6 is 22.6 Å². The van der Waals surface area contributed by atoms with Gasteiger partial charge < -0.3 is 9.47 Å². The number of esters is 1. The first kappa shape index (κ1) is 19.3. The summed E-state index contributed by atoms with van der Waals surface area (Å²) in [6, 6.07) is 21.3. The number of ether oxygens (including phenoxy) is 2. The molecule has 0 fully saturated rings. The molecule has 29 heavy (non-hydrogen) atoms. The molecule has 0 saturated heterocycles. The van der Waals surface area contributed by atoms with Gasteiger partial charge in [-0.1, -0.05) is 48.5 Å². The molecule has 0 spiro atoms. The summed E-state index contributed by atoms with van der Waals surface area (Å²) in [6.45, 7) is 0.396. The maximum absolute atomic E-state index is 14.0. The van der Waals surface area contributed by atoms with Crippen LogP contribution in [0.3, 0.4) is 0 Å². The molecule has 0 aromatic heterocycles. The molecule has 4 rings (SSSR count). The smallest absolute Gasteiger partial charge is 0.363 e. The van der Waals surface area contributed by atoms with Crippen LogP contribution in [0.15, 0.2) is 83.5 Å². The van der Waals surface area contributed by atoms with Crippen molar-refractivity contribution in [1.82, 2.24) is 0 Å². The van der Waals surface area contributed by atoms with Crippen LogP contribution in [0, 0.1) is 9.39 Å². The van der Waals surface area contributed by atoms with Crippen LogP contribution in [0.1, 0.15) is 16.7 Å². The van der Waals surface area contributed by atoms with Crippen LogP contribution in [0.25, 0.3) is 6.08 Å². The number of hydrogen-bond donors (Lipinski definition) is 0. The molecule has 0 aliphatic carbocycles. The molecule has 144 valence electrons. The first-order chi connectivity index (χ1) is 14.1. The third-order valence-corrected chi connectivity index (χ3v) is 5.33. The first-order valence-corrected chi connectivity index (χ1v) is 9.92. The van der Waals surface area contributed by atoms with Gasteiger partial charge in [0.25, 0.3) is 0 Å². The lowest BCUT2D eigenvalue weighted by Crippen LogP contribution is -2.07. The molecule has 1 aliphatic rings. The van der Waals surface area contributed by atoms with Crippen LogP contribution < -0.4 is 4.74 Å². The second-order valence-electron chi connectivity index (χ2n) is 6.23. The van der Waals surface area contributed by atoms with Crippen LogP contribution in [-0.4, -0.2) is 11.9 Å². The van der Waals surface area contributed by atoms with Crippen molar-refractivity contribution < 1.29 is 18.7 Å². The zero-order valence-electron chi connectivity index (χ0n) is 15.1.